The fraction of sp³-hybridized carbons (Fsp3) is 0.438. The summed E-state index contributed by atoms with van der Waals surface area (Å²) in [5.74, 6) is 0.512. The second kappa shape index (κ2) is 7.22. The number of nitrogens with zero attached hydrogens (tertiary/aromatic N) is 2. The molecule has 0 saturated heterocycles. The van der Waals surface area contributed by atoms with Crippen LogP contribution in [-0.4, -0.2) is 22.8 Å². The first-order chi connectivity index (χ1) is 10.1. The molecule has 1 N–H and O–H groups in total. The summed E-state index contributed by atoms with van der Waals surface area (Å²) in [5, 5.41) is 3.17. The molecule has 0 aliphatic carbocycles. The molecule has 0 bridgehead atoms. The van der Waals surface area contributed by atoms with Crippen LogP contribution in [0.1, 0.15) is 24.6 Å². The maximum absolute atomic E-state index is 13.6. The molecule has 0 spiro atoms. The Bertz CT molecular complexity index is 595. The summed E-state index contributed by atoms with van der Waals surface area (Å²) in [7, 11) is 0. The van der Waals surface area contributed by atoms with Crippen LogP contribution in [0.15, 0.2) is 24.4 Å². The number of imidazole rings is 1. The van der Waals surface area contributed by atoms with Crippen molar-refractivity contribution >= 4 is 11.6 Å². The summed E-state index contributed by atoms with van der Waals surface area (Å²) >= 11 is 0. The third kappa shape index (κ3) is 4.29. The molecule has 0 fully saturated rings. The highest BCUT2D eigenvalue weighted by Gasteiger charge is 2.07. The molecular formula is C16H22FN3O. The Balaban J connectivity index is 2.06. The van der Waals surface area contributed by atoms with Crippen molar-refractivity contribution in [3.8, 4) is 0 Å². The predicted molar refractivity (Wildman–Crippen MR) is 82.5 cm³/mol. The minimum Gasteiger partial charge on any atom is -0.382 e. The van der Waals surface area contributed by atoms with Crippen LogP contribution in [0.5, 0.6) is 0 Å². The highest BCUT2D eigenvalue weighted by Crippen LogP contribution is 2.19. The van der Waals surface area contributed by atoms with Crippen LogP contribution in [0.2, 0.25) is 0 Å². The van der Waals surface area contributed by atoms with Crippen LogP contribution in [0.3, 0.4) is 0 Å². The van der Waals surface area contributed by atoms with Crippen molar-refractivity contribution in [3.63, 3.8) is 0 Å². The van der Waals surface area contributed by atoms with Gasteiger partial charge >= 0.3 is 0 Å². The van der Waals surface area contributed by atoms with Gasteiger partial charge in [-0.3, -0.25) is 0 Å². The molecule has 0 saturated carbocycles. The molecule has 0 unspecified atom stereocenters. The van der Waals surface area contributed by atoms with Crippen LogP contribution in [-0.2, 0) is 11.3 Å². The SMILES string of the molecule is CCOCCCn1cc(C)nc1Nc1ccc(C)c(F)c1. The van der Waals surface area contributed by atoms with E-state index in [0.717, 1.165) is 37.8 Å². The van der Waals surface area contributed by atoms with Gasteiger partial charge in [0.2, 0.25) is 5.95 Å². The van der Waals surface area contributed by atoms with Crippen molar-refractivity contribution < 1.29 is 9.13 Å². The number of hydrogen-bond acceptors (Lipinski definition) is 3. The third-order valence-corrected chi connectivity index (χ3v) is 3.22. The van der Waals surface area contributed by atoms with Gasteiger partial charge in [0.25, 0.3) is 0 Å². The first-order valence-electron chi connectivity index (χ1n) is 7.25. The lowest BCUT2D eigenvalue weighted by Crippen LogP contribution is -2.06. The van der Waals surface area contributed by atoms with Gasteiger partial charge in [-0.1, -0.05) is 6.07 Å². The van der Waals surface area contributed by atoms with Crippen molar-refractivity contribution in [2.24, 2.45) is 0 Å². The van der Waals surface area contributed by atoms with Crippen molar-refractivity contribution in [1.29, 1.82) is 0 Å². The normalized spacial score (nSPS) is 10.9. The van der Waals surface area contributed by atoms with E-state index in [0.29, 0.717) is 11.3 Å². The van der Waals surface area contributed by atoms with E-state index < -0.39 is 0 Å². The fourth-order valence-electron chi connectivity index (χ4n) is 2.10. The summed E-state index contributed by atoms with van der Waals surface area (Å²) in [6.45, 7) is 7.96. The third-order valence-electron chi connectivity index (χ3n) is 3.22. The topological polar surface area (TPSA) is 39.1 Å². The lowest BCUT2D eigenvalue weighted by Gasteiger charge is -2.10. The van der Waals surface area contributed by atoms with E-state index in [4.69, 9.17) is 4.74 Å². The number of hydrogen-bond donors (Lipinski definition) is 1. The molecule has 0 atom stereocenters. The van der Waals surface area contributed by atoms with Gasteiger partial charge < -0.3 is 14.6 Å². The zero-order chi connectivity index (χ0) is 15.2. The number of ether oxygens (including phenoxy) is 1. The van der Waals surface area contributed by atoms with E-state index >= 15 is 0 Å². The number of aryl methyl sites for hydroxylation is 3. The standard InChI is InChI=1S/C16H22FN3O/c1-4-21-9-5-8-20-11-13(3)18-16(20)19-14-7-6-12(2)15(17)10-14/h6-7,10-11H,4-5,8-9H2,1-3H3,(H,18,19). The van der Waals surface area contributed by atoms with Gasteiger partial charge in [0.1, 0.15) is 5.82 Å². The summed E-state index contributed by atoms with van der Waals surface area (Å²) in [6.07, 6.45) is 2.90. The van der Waals surface area contributed by atoms with Crippen LogP contribution >= 0.6 is 0 Å². The summed E-state index contributed by atoms with van der Waals surface area (Å²) in [6, 6.07) is 5.10. The van der Waals surface area contributed by atoms with Gasteiger partial charge in [-0.15, -0.1) is 0 Å². The van der Waals surface area contributed by atoms with Crippen LogP contribution in [0, 0.1) is 19.7 Å². The number of nitrogens with one attached hydrogen (secondary N) is 1. The molecule has 4 nitrogen and oxygen atoms in total. The molecule has 0 radical (unpaired) electrons. The Morgan fingerprint density at radius 1 is 1.33 bits per heavy atom. The van der Waals surface area contributed by atoms with E-state index in [1.165, 1.54) is 6.07 Å². The summed E-state index contributed by atoms with van der Waals surface area (Å²) in [4.78, 5) is 4.45. The minimum absolute atomic E-state index is 0.217. The maximum atomic E-state index is 13.6. The molecule has 2 aromatic rings. The van der Waals surface area contributed by atoms with E-state index in [2.05, 4.69) is 10.3 Å². The van der Waals surface area contributed by atoms with Gasteiger partial charge in [-0.05, 0) is 44.9 Å². The molecule has 0 aliphatic rings. The molecular weight excluding hydrogens is 269 g/mol. The van der Waals surface area contributed by atoms with E-state index in [1.54, 1.807) is 13.0 Å². The largest absolute Gasteiger partial charge is 0.382 e. The summed E-state index contributed by atoms with van der Waals surface area (Å²) in [5.41, 5.74) is 2.27. The fourth-order valence-corrected chi connectivity index (χ4v) is 2.10. The van der Waals surface area contributed by atoms with E-state index in [1.807, 2.05) is 30.7 Å². The van der Waals surface area contributed by atoms with Gasteiger partial charge in [-0.25, -0.2) is 9.37 Å². The number of aromatic nitrogens is 2. The first-order valence-corrected chi connectivity index (χ1v) is 7.25. The van der Waals surface area contributed by atoms with Gasteiger partial charge in [0.15, 0.2) is 0 Å². The number of halogens is 1. The average molecular weight is 291 g/mol. The number of anilines is 2. The highest BCUT2D eigenvalue weighted by molar-refractivity contribution is 5.54. The molecule has 114 valence electrons. The second-order valence-electron chi connectivity index (χ2n) is 5.04. The van der Waals surface area contributed by atoms with E-state index in [-0.39, 0.29) is 5.82 Å². The Morgan fingerprint density at radius 2 is 2.14 bits per heavy atom. The lowest BCUT2D eigenvalue weighted by atomic mass is 10.2. The number of rotatable bonds is 7. The van der Waals surface area contributed by atoms with Gasteiger partial charge in [-0.2, -0.15) is 0 Å². The van der Waals surface area contributed by atoms with Crippen molar-refractivity contribution in [2.75, 3.05) is 18.5 Å². The Kier molecular flexibility index (Phi) is 5.33. The van der Waals surface area contributed by atoms with Gasteiger partial charge in [0.05, 0.1) is 5.69 Å². The summed E-state index contributed by atoms with van der Waals surface area (Å²) < 4.78 is 21.0. The Morgan fingerprint density at radius 3 is 2.86 bits per heavy atom. The monoisotopic (exact) mass is 291 g/mol. The van der Waals surface area contributed by atoms with Crippen molar-refractivity contribution in [3.05, 3.63) is 41.5 Å². The molecule has 1 aromatic heterocycles. The lowest BCUT2D eigenvalue weighted by molar-refractivity contribution is 0.142. The van der Waals surface area contributed by atoms with E-state index in [9.17, 15) is 4.39 Å². The maximum Gasteiger partial charge on any atom is 0.207 e. The highest BCUT2D eigenvalue weighted by atomic mass is 19.1. The zero-order valence-corrected chi connectivity index (χ0v) is 12.8. The molecule has 0 amide bonds. The molecule has 2 rings (SSSR count). The molecule has 5 heteroatoms. The van der Waals surface area contributed by atoms with Crippen LogP contribution in [0.25, 0.3) is 0 Å². The van der Waals surface area contributed by atoms with Crippen molar-refractivity contribution in [2.45, 2.75) is 33.7 Å². The smallest absolute Gasteiger partial charge is 0.207 e. The average Bonchev–Trinajstić information content (AvgIpc) is 2.79. The molecule has 0 aliphatic heterocycles. The quantitative estimate of drug-likeness (QED) is 0.788. The molecule has 1 aromatic carbocycles. The molecule has 1 heterocycles. The number of benzene rings is 1. The Hall–Kier alpha value is -1.88. The van der Waals surface area contributed by atoms with Gasteiger partial charge in [0, 0.05) is 31.6 Å². The Labute approximate surface area is 125 Å². The van der Waals surface area contributed by atoms with Crippen LogP contribution in [0.4, 0.5) is 16.0 Å². The van der Waals surface area contributed by atoms with Crippen molar-refractivity contribution in [1.82, 2.24) is 9.55 Å². The molecule has 21 heavy (non-hydrogen) atoms. The zero-order valence-electron chi connectivity index (χ0n) is 12.8. The predicted octanol–water partition coefficient (Wildman–Crippen LogP) is 3.81. The first kappa shape index (κ1) is 15.5. The minimum atomic E-state index is -0.217. The second-order valence-corrected chi connectivity index (χ2v) is 5.04. The van der Waals surface area contributed by atoms with Crippen LogP contribution < -0.4 is 5.32 Å².